The highest BCUT2D eigenvalue weighted by Gasteiger charge is 2.18. The van der Waals surface area contributed by atoms with Gasteiger partial charge in [0.2, 0.25) is 0 Å². The van der Waals surface area contributed by atoms with Crippen molar-refractivity contribution in [2.24, 2.45) is 0 Å². The monoisotopic (exact) mass is 232 g/mol. The molecule has 0 radical (unpaired) electrons. The van der Waals surface area contributed by atoms with Gasteiger partial charge in [-0.1, -0.05) is 6.07 Å². The number of aryl methyl sites for hydroxylation is 1. The van der Waals surface area contributed by atoms with Crippen molar-refractivity contribution in [1.82, 2.24) is 0 Å². The van der Waals surface area contributed by atoms with Crippen LogP contribution in [0.2, 0.25) is 0 Å². The van der Waals surface area contributed by atoms with Crippen LogP contribution < -0.4 is 10.2 Å². The third kappa shape index (κ3) is 2.25. The first-order valence-electron chi connectivity index (χ1n) is 6.56. The minimum Gasteiger partial charge on any atom is -0.385 e. The van der Waals surface area contributed by atoms with Crippen molar-refractivity contribution in [3.63, 3.8) is 0 Å². The number of ether oxygens (including phenoxy) is 1. The number of morpholine rings is 1. The van der Waals surface area contributed by atoms with E-state index in [0.29, 0.717) is 6.10 Å². The second-order valence-corrected chi connectivity index (χ2v) is 5.00. The number of rotatable bonds is 1. The Morgan fingerprint density at radius 2 is 2.35 bits per heavy atom. The van der Waals surface area contributed by atoms with Gasteiger partial charge in [-0.3, -0.25) is 0 Å². The lowest BCUT2D eigenvalue weighted by Gasteiger charge is -2.33. The minimum atomic E-state index is 0.341. The third-order valence-electron chi connectivity index (χ3n) is 3.64. The Balaban J connectivity index is 1.83. The van der Waals surface area contributed by atoms with E-state index in [2.05, 4.69) is 35.3 Å². The average Bonchev–Trinajstić information content (AvgIpc) is 2.38. The molecular formula is C14H20N2O. The number of anilines is 2. The van der Waals surface area contributed by atoms with Crippen LogP contribution in [0.25, 0.3) is 0 Å². The molecule has 0 aromatic heterocycles. The highest BCUT2D eigenvalue weighted by molar-refractivity contribution is 5.63. The Morgan fingerprint density at radius 3 is 3.24 bits per heavy atom. The topological polar surface area (TPSA) is 24.5 Å². The van der Waals surface area contributed by atoms with E-state index in [4.69, 9.17) is 4.74 Å². The van der Waals surface area contributed by atoms with Gasteiger partial charge in [-0.25, -0.2) is 0 Å². The zero-order valence-corrected chi connectivity index (χ0v) is 10.4. The molecule has 17 heavy (non-hydrogen) atoms. The van der Waals surface area contributed by atoms with Crippen molar-refractivity contribution < 1.29 is 4.74 Å². The smallest absolute Gasteiger partial charge is 0.0722 e. The molecule has 2 aliphatic rings. The molecule has 1 unspecified atom stereocenters. The molecule has 0 saturated carbocycles. The number of fused-ring (bicyclic) bond motifs is 1. The highest BCUT2D eigenvalue weighted by atomic mass is 16.5. The lowest BCUT2D eigenvalue weighted by Crippen LogP contribution is -2.41. The van der Waals surface area contributed by atoms with E-state index in [0.717, 1.165) is 26.2 Å². The molecule has 3 nitrogen and oxygen atoms in total. The van der Waals surface area contributed by atoms with Crippen molar-refractivity contribution in [1.29, 1.82) is 0 Å². The molecule has 92 valence electrons. The first kappa shape index (κ1) is 10.9. The summed E-state index contributed by atoms with van der Waals surface area (Å²) in [6.07, 6.45) is 2.80. The highest BCUT2D eigenvalue weighted by Crippen LogP contribution is 2.28. The van der Waals surface area contributed by atoms with Crippen LogP contribution in [0.4, 0.5) is 11.4 Å². The summed E-state index contributed by atoms with van der Waals surface area (Å²) in [5.74, 6) is 0. The van der Waals surface area contributed by atoms with Gasteiger partial charge in [0, 0.05) is 31.0 Å². The number of benzene rings is 1. The van der Waals surface area contributed by atoms with Crippen LogP contribution in [-0.2, 0) is 11.2 Å². The van der Waals surface area contributed by atoms with Gasteiger partial charge in [-0.15, -0.1) is 0 Å². The number of nitrogens with one attached hydrogen (secondary N) is 1. The fraction of sp³-hybridized carbons (Fsp3) is 0.571. The first-order chi connectivity index (χ1) is 8.33. The fourth-order valence-electron chi connectivity index (χ4n) is 2.70. The van der Waals surface area contributed by atoms with Gasteiger partial charge in [0.25, 0.3) is 0 Å². The maximum absolute atomic E-state index is 5.58. The van der Waals surface area contributed by atoms with E-state index >= 15 is 0 Å². The summed E-state index contributed by atoms with van der Waals surface area (Å²) >= 11 is 0. The van der Waals surface area contributed by atoms with Crippen molar-refractivity contribution in [2.75, 3.05) is 36.5 Å². The third-order valence-corrected chi connectivity index (χ3v) is 3.64. The zero-order valence-electron chi connectivity index (χ0n) is 10.4. The van der Waals surface area contributed by atoms with Gasteiger partial charge in [-0.05, 0) is 37.5 Å². The molecule has 1 aromatic rings. The number of nitrogens with zero attached hydrogens (tertiary/aromatic N) is 1. The van der Waals surface area contributed by atoms with E-state index < -0.39 is 0 Å². The molecule has 0 amide bonds. The van der Waals surface area contributed by atoms with Gasteiger partial charge in [0.1, 0.15) is 0 Å². The predicted molar refractivity (Wildman–Crippen MR) is 70.9 cm³/mol. The molecular weight excluding hydrogens is 212 g/mol. The van der Waals surface area contributed by atoms with Crippen LogP contribution in [-0.4, -0.2) is 32.3 Å². The summed E-state index contributed by atoms with van der Waals surface area (Å²) < 4.78 is 5.58. The Hall–Kier alpha value is -1.22. The van der Waals surface area contributed by atoms with Gasteiger partial charge in [0.15, 0.2) is 0 Å². The quantitative estimate of drug-likeness (QED) is 0.804. The first-order valence-corrected chi connectivity index (χ1v) is 6.56. The van der Waals surface area contributed by atoms with Gasteiger partial charge in [-0.2, -0.15) is 0 Å². The molecule has 1 saturated heterocycles. The van der Waals surface area contributed by atoms with E-state index in [1.807, 2.05) is 0 Å². The zero-order chi connectivity index (χ0) is 11.7. The van der Waals surface area contributed by atoms with Gasteiger partial charge >= 0.3 is 0 Å². The molecule has 3 rings (SSSR count). The largest absolute Gasteiger partial charge is 0.385 e. The summed E-state index contributed by atoms with van der Waals surface area (Å²) in [7, 11) is 0. The van der Waals surface area contributed by atoms with Crippen LogP contribution in [0.1, 0.15) is 18.9 Å². The summed E-state index contributed by atoms with van der Waals surface area (Å²) in [4.78, 5) is 2.42. The van der Waals surface area contributed by atoms with Gasteiger partial charge in [0.05, 0.1) is 12.7 Å². The standard InChI is InChI=1S/C14H20N2O/c1-11-10-16(7-8-17-11)13-5-4-12-3-2-6-15-14(12)9-13/h4-5,9,11,15H,2-3,6-8,10H2,1H3. The molecule has 1 atom stereocenters. The van der Waals surface area contributed by atoms with Crippen LogP contribution in [0.5, 0.6) is 0 Å². The Morgan fingerprint density at radius 1 is 1.41 bits per heavy atom. The van der Waals surface area contributed by atoms with Crippen molar-refractivity contribution in [3.05, 3.63) is 23.8 Å². The molecule has 0 bridgehead atoms. The lowest BCUT2D eigenvalue weighted by atomic mass is 10.0. The predicted octanol–water partition coefficient (Wildman–Crippen LogP) is 2.27. The molecule has 1 aromatic carbocycles. The molecule has 1 N–H and O–H groups in total. The summed E-state index contributed by atoms with van der Waals surface area (Å²) in [5.41, 5.74) is 4.11. The molecule has 2 heterocycles. The number of hydrogen-bond acceptors (Lipinski definition) is 3. The van der Waals surface area contributed by atoms with Crippen LogP contribution in [0, 0.1) is 0 Å². The maximum atomic E-state index is 5.58. The van der Waals surface area contributed by atoms with Crippen molar-refractivity contribution in [3.8, 4) is 0 Å². The second kappa shape index (κ2) is 4.57. The van der Waals surface area contributed by atoms with Crippen LogP contribution in [0.15, 0.2) is 18.2 Å². The van der Waals surface area contributed by atoms with Crippen molar-refractivity contribution in [2.45, 2.75) is 25.9 Å². The van der Waals surface area contributed by atoms with Gasteiger partial charge < -0.3 is 15.0 Å². The van der Waals surface area contributed by atoms with E-state index in [1.54, 1.807) is 0 Å². The van der Waals surface area contributed by atoms with E-state index in [9.17, 15) is 0 Å². The maximum Gasteiger partial charge on any atom is 0.0722 e. The Labute approximate surface area is 103 Å². The minimum absolute atomic E-state index is 0.341. The fourth-order valence-corrected chi connectivity index (χ4v) is 2.70. The van der Waals surface area contributed by atoms with Crippen molar-refractivity contribution >= 4 is 11.4 Å². The number of hydrogen-bond donors (Lipinski definition) is 1. The Kier molecular flexibility index (Phi) is 2.93. The van der Waals surface area contributed by atoms with E-state index in [1.165, 1.54) is 29.8 Å². The lowest BCUT2D eigenvalue weighted by molar-refractivity contribution is 0.0532. The molecule has 3 heteroatoms. The normalized spacial score (nSPS) is 24.1. The summed E-state index contributed by atoms with van der Waals surface area (Å²) in [6.45, 7) is 6.09. The van der Waals surface area contributed by atoms with Crippen LogP contribution in [0.3, 0.4) is 0 Å². The second-order valence-electron chi connectivity index (χ2n) is 5.00. The molecule has 2 aliphatic heterocycles. The van der Waals surface area contributed by atoms with Crippen LogP contribution >= 0.6 is 0 Å². The molecule has 0 spiro atoms. The SMILES string of the molecule is CC1CN(c2ccc3c(c2)NCCC3)CCO1. The molecule has 1 fully saturated rings. The van der Waals surface area contributed by atoms with E-state index in [-0.39, 0.29) is 0 Å². The summed E-state index contributed by atoms with van der Waals surface area (Å²) in [5, 5.41) is 3.50. The molecule has 0 aliphatic carbocycles. The summed E-state index contributed by atoms with van der Waals surface area (Å²) in [6, 6.07) is 6.83. The Bertz CT molecular complexity index is 405. The average molecular weight is 232 g/mol.